The predicted octanol–water partition coefficient (Wildman–Crippen LogP) is 11.2. The lowest BCUT2D eigenvalue weighted by Gasteiger charge is -2.46. The Morgan fingerprint density at radius 2 is 1.64 bits per heavy atom. The fraction of sp³-hybridized carbons (Fsp3) is 0.816. The van der Waals surface area contributed by atoms with Crippen molar-refractivity contribution in [2.24, 2.45) is 23.2 Å². The number of hydrogen-bond acceptors (Lipinski definition) is 4. The summed E-state index contributed by atoms with van der Waals surface area (Å²) in [5.74, 6) is 1.92. The molecule has 3 saturated carbocycles. The molecule has 252 valence electrons. The third-order valence-corrected chi connectivity index (χ3v) is 21.7. The van der Waals surface area contributed by atoms with E-state index in [1.165, 1.54) is 50.4 Å². The van der Waals surface area contributed by atoms with Crippen molar-refractivity contribution in [1.82, 2.24) is 0 Å². The van der Waals surface area contributed by atoms with Crippen LogP contribution in [0.25, 0.3) is 0 Å². The average Bonchev–Trinajstić information content (AvgIpc) is 3.25. The molecule has 0 aromatic carbocycles. The van der Waals surface area contributed by atoms with Gasteiger partial charge < -0.3 is 13.6 Å². The van der Waals surface area contributed by atoms with Crippen molar-refractivity contribution in [2.45, 2.75) is 168 Å². The number of esters is 1. The van der Waals surface area contributed by atoms with Gasteiger partial charge in [-0.3, -0.25) is 4.79 Å². The second kappa shape index (κ2) is 14.0. The number of methoxy groups -OCH3 is 1. The van der Waals surface area contributed by atoms with Crippen LogP contribution in [0.4, 0.5) is 0 Å². The molecule has 0 bridgehead atoms. The van der Waals surface area contributed by atoms with E-state index in [2.05, 4.69) is 100 Å². The topological polar surface area (TPSA) is 44.8 Å². The van der Waals surface area contributed by atoms with E-state index in [1.54, 1.807) is 5.57 Å². The Balaban J connectivity index is 1.86. The Morgan fingerprint density at radius 3 is 2.23 bits per heavy atom. The molecule has 3 aliphatic carbocycles. The first-order valence-corrected chi connectivity index (χ1v) is 23.5. The Hall–Kier alpha value is -0.956. The van der Waals surface area contributed by atoms with Gasteiger partial charge in [-0.25, -0.2) is 0 Å². The molecule has 6 atom stereocenters. The van der Waals surface area contributed by atoms with E-state index in [-0.39, 0.29) is 28.3 Å². The third-order valence-electron chi connectivity index (χ3n) is 12.7. The summed E-state index contributed by atoms with van der Waals surface area (Å²) in [7, 11) is -2.42. The number of hydrogen-bond donors (Lipinski definition) is 0. The lowest BCUT2D eigenvalue weighted by atomic mass is 9.60. The molecule has 0 amide bonds. The summed E-state index contributed by atoms with van der Waals surface area (Å²) in [6.07, 6.45) is 15.9. The van der Waals surface area contributed by atoms with Gasteiger partial charge in [-0.05, 0) is 122 Å². The molecule has 0 unspecified atom stereocenters. The van der Waals surface area contributed by atoms with Crippen molar-refractivity contribution in [3.8, 4) is 0 Å². The van der Waals surface area contributed by atoms with E-state index in [9.17, 15) is 4.79 Å². The van der Waals surface area contributed by atoms with Gasteiger partial charge in [0, 0.05) is 12.8 Å². The van der Waals surface area contributed by atoms with E-state index in [0.29, 0.717) is 23.7 Å². The third kappa shape index (κ3) is 8.49. The maximum Gasteiger partial charge on any atom is 0.305 e. The zero-order chi connectivity index (χ0) is 33.3. The zero-order valence-corrected chi connectivity index (χ0v) is 33.0. The molecule has 0 heterocycles. The molecule has 0 aromatic rings. The van der Waals surface area contributed by atoms with Gasteiger partial charge in [0.1, 0.15) is 0 Å². The van der Waals surface area contributed by atoms with Gasteiger partial charge in [0.05, 0.1) is 19.3 Å². The smallest absolute Gasteiger partial charge is 0.305 e. The summed E-state index contributed by atoms with van der Waals surface area (Å²) in [6, 6.07) is 0. The minimum Gasteiger partial charge on any atom is -0.469 e. The summed E-state index contributed by atoms with van der Waals surface area (Å²) in [4.78, 5) is 11.7. The van der Waals surface area contributed by atoms with Crippen LogP contribution in [0.2, 0.25) is 36.3 Å². The van der Waals surface area contributed by atoms with Crippen LogP contribution in [0.1, 0.15) is 120 Å². The number of carbonyl (C=O) groups is 1. The Morgan fingerprint density at radius 1 is 1.02 bits per heavy atom. The normalized spacial score (nSPS) is 31.3. The minimum atomic E-state index is -1.98. The van der Waals surface area contributed by atoms with Crippen LogP contribution in [0, 0.1) is 23.2 Å². The van der Waals surface area contributed by atoms with Crippen LogP contribution in [0.3, 0.4) is 0 Å². The molecule has 6 heteroatoms. The highest BCUT2D eigenvalue weighted by atomic mass is 28.4. The highest BCUT2D eigenvalue weighted by Gasteiger charge is 2.50. The Bertz CT molecular complexity index is 1090. The zero-order valence-electron chi connectivity index (χ0n) is 31.0. The van der Waals surface area contributed by atoms with Crippen molar-refractivity contribution in [3.05, 3.63) is 35.5 Å². The van der Waals surface area contributed by atoms with Gasteiger partial charge in [-0.2, -0.15) is 0 Å². The molecule has 3 rings (SSSR count). The SMILES string of the molecule is C=C1/C(=C\C=C2/CCC[C@]3(C)[C@@H]([C@H](C)CCCC(=O)OC)CC[C@@H]23)C[C@@H](O[Si](C)(C)C(C)(C)C)C[C@@H]1O[Si](C)(C)C(C)(C)C. The van der Waals surface area contributed by atoms with Gasteiger partial charge >= 0.3 is 5.97 Å². The van der Waals surface area contributed by atoms with Crippen LogP contribution in [0.5, 0.6) is 0 Å². The van der Waals surface area contributed by atoms with Crippen LogP contribution < -0.4 is 0 Å². The summed E-state index contributed by atoms with van der Waals surface area (Å²) in [6.45, 7) is 33.1. The first kappa shape index (κ1) is 37.5. The summed E-state index contributed by atoms with van der Waals surface area (Å²) >= 11 is 0. The van der Waals surface area contributed by atoms with E-state index in [0.717, 1.165) is 31.6 Å². The van der Waals surface area contributed by atoms with Gasteiger partial charge in [0.25, 0.3) is 0 Å². The maximum atomic E-state index is 11.7. The summed E-state index contributed by atoms with van der Waals surface area (Å²) in [5, 5.41) is 0.319. The molecule has 3 fully saturated rings. The molecule has 0 N–H and O–H groups in total. The second-order valence-electron chi connectivity index (χ2n) is 17.8. The molecular weight excluding hydrogens is 577 g/mol. The van der Waals surface area contributed by atoms with Crippen LogP contribution >= 0.6 is 0 Å². The molecular formula is C38H68O4Si2. The molecule has 0 spiro atoms. The molecule has 44 heavy (non-hydrogen) atoms. The highest BCUT2D eigenvalue weighted by molar-refractivity contribution is 6.74. The average molecular weight is 645 g/mol. The first-order valence-electron chi connectivity index (χ1n) is 17.6. The van der Waals surface area contributed by atoms with E-state index in [1.807, 2.05) is 0 Å². The van der Waals surface area contributed by atoms with Crippen molar-refractivity contribution < 1.29 is 18.4 Å². The van der Waals surface area contributed by atoms with Gasteiger partial charge in [-0.15, -0.1) is 0 Å². The Kier molecular flexibility index (Phi) is 12.0. The minimum absolute atomic E-state index is 0.0161. The van der Waals surface area contributed by atoms with Crippen molar-refractivity contribution in [3.63, 3.8) is 0 Å². The van der Waals surface area contributed by atoms with E-state index < -0.39 is 16.6 Å². The Labute approximate surface area is 274 Å². The van der Waals surface area contributed by atoms with Gasteiger partial charge in [0.15, 0.2) is 16.6 Å². The van der Waals surface area contributed by atoms with E-state index in [4.69, 9.17) is 13.6 Å². The van der Waals surface area contributed by atoms with Crippen molar-refractivity contribution >= 4 is 22.6 Å². The number of carbonyl (C=O) groups excluding carboxylic acids is 1. The van der Waals surface area contributed by atoms with Gasteiger partial charge in [-0.1, -0.05) is 79.7 Å². The molecule has 0 radical (unpaired) electrons. The lowest BCUT2D eigenvalue weighted by Crippen LogP contribution is -2.49. The van der Waals surface area contributed by atoms with Crippen LogP contribution in [-0.2, 0) is 18.4 Å². The number of ether oxygens (including phenoxy) is 1. The van der Waals surface area contributed by atoms with Crippen LogP contribution in [-0.4, -0.2) is 41.9 Å². The van der Waals surface area contributed by atoms with E-state index >= 15 is 0 Å². The fourth-order valence-corrected chi connectivity index (χ4v) is 10.5. The molecule has 4 nitrogen and oxygen atoms in total. The largest absolute Gasteiger partial charge is 0.469 e. The summed E-state index contributed by atoms with van der Waals surface area (Å²) < 4.78 is 19.0. The maximum absolute atomic E-state index is 11.7. The second-order valence-corrected chi connectivity index (χ2v) is 27.3. The first-order chi connectivity index (χ1) is 20.1. The number of fused-ring (bicyclic) bond motifs is 1. The lowest BCUT2D eigenvalue weighted by molar-refractivity contribution is -0.140. The van der Waals surface area contributed by atoms with Crippen molar-refractivity contribution in [2.75, 3.05) is 7.11 Å². The fourth-order valence-electron chi connectivity index (χ4n) is 7.85. The quantitative estimate of drug-likeness (QED) is 0.175. The van der Waals surface area contributed by atoms with Crippen molar-refractivity contribution in [1.29, 1.82) is 0 Å². The van der Waals surface area contributed by atoms with Gasteiger partial charge in [0.2, 0.25) is 0 Å². The predicted molar refractivity (Wildman–Crippen MR) is 192 cm³/mol. The monoisotopic (exact) mass is 644 g/mol. The standard InChI is InChI=1S/C38H68O4Si2/c1-27(17-15-19-35(39)40-10)32-22-23-33-29(18-16-24-38(32,33)9)20-21-30-25-31(41-43(11,12)36(3,4)5)26-34(28(30)2)42-44(13,14)37(6,7)8/h20-21,27,31-34H,2,15-19,22-26H2,1,3-14H3/b29-20+,30-21-/t27-,31-,32-,33+,34+,38-/m1/s1. The molecule has 3 aliphatic rings. The number of allylic oxidation sites excluding steroid dienone is 3. The molecule has 0 aliphatic heterocycles. The summed E-state index contributed by atoms with van der Waals surface area (Å²) in [5.41, 5.74) is 4.48. The van der Waals surface area contributed by atoms with Crippen LogP contribution in [0.15, 0.2) is 35.5 Å². The number of rotatable bonds is 10. The highest BCUT2D eigenvalue weighted by Crippen LogP contribution is 2.60. The molecule has 0 saturated heterocycles. The molecule has 0 aromatic heterocycles.